The smallest absolute Gasteiger partial charge is 0.368 e. The molecule has 0 fully saturated rings. The molecule has 1 aromatic carbocycles. The zero-order valence-electron chi connectivity index (χ0n) is 13.5. The maximum atomic E-state index is 14.4. The number of benzene rings is 1. The van der Waals surface area contributed by atoms with Gasteiger partial charge in [0, 0.05) is 47.0 Å². The molecule has 0 radical (unpaired) electrons. The van der Waals surface area contributed by atoms with Gasteiger partial charge in [0.1, 0.15) is 5.82 Å². The highest BCUT2D eigenvalue weighted by Gasteiger charge is 2.18. The lowest BCUT2D eigenvalue weighted by Gasteiger charge is -2.06. The third-order valence-corrected chi connectivity index (χ3v) is 4.56. The molecular formula is C18H10BrFN4O2S. The van der Waals surface area contributed by atoms with Crippen molar-refractivity contribution in [1.82, 2.24) is 19.6 Å². The van der Waals surface area contributed by atoms with Crippen molar-refractivity contribution in [2.24, 2.45) is 0 Å². The number of rotatable bonds is 3. The highest BCUT2D eigenvalue weighted by molar-refractivity contribution is 9.10. The second kappa shape index (κ2) is 7.09. The Morgan fingerprint density at radius 2 is 1.93 bits per heavy atom. The van der Waals surface area contributed by atoms with E-state index in [2.05, 4.69) is 48.1 Å². The molecule has 0 saturated heterocycles. The average Bonchev–Trinajstić information content (AvgIpc) is 3.11. The molecule has 4 rings (SSSR count). The van der Waals surface area contributed by atoms with Crippen LogP contribution in [0.1, 0.15) is 10.5 Å². The molecule has 9 heteroatoms. The van der Waals surface area contributed by atoms with Gasteiger partial charge in [0.15, 0.2) is 11.3 Å². The van der Waals surface area contributed by atoms with Gasteiger partial charge in [-0.25, -0.2) is 18.7 Å². The van der Waals surface area contributed by atoms with E-state index in [0.29, 0.717) is 27.1 Å². The van der Waals surface area contributed by atoms with Crippen LogP contribution >= 0.6 is 28.8 Å². The molecule has 3 aromatic heterocycles. The van der Waals surface area contributed by atoms with Gasteiger partial charge < -0.3 is 4.18 Å². The monoisotopic (exact) mass is 444 g/mol. The number of carbonyl (C=O) groups is 1. The Morgan fingerprint density at radius 3 is 2.63 bits per heavy atom. The van der Waals surface area contributed by atoms with E-state index in [1.165, 1.54) is 12.1 Å². The van der Waals surface area contributed by atoms with Crippen molar-refractivity contribution in [3.05, 3.63) is 70.8 Å². The third-order valence-electron chi connectivity index (χ3n) is 3.90. The van der Waals surface area contributed by atoms with Crippen LogP contribution in [-0.4, -0.2) is 25.6 Å². The molecule has 134 valence electrons. The molecule has 0 aliphatic heterocycles. The van der Waals surface area contributed by atoms with Crippen molar-refractivity contribution >= 4 is 40.5 Å². The molecule has 0 N–H and O–H groups in total. The molecule has 0 spiro atoms. The van der Waals surface area contributed by atoms with Crippen molar-refractivity contribution in [1.29, 1.82) is 0 Å². The number of fused-ring (bicyclic) bond motifs is 1. The molecule has 0 aliphatic carbocycles. The second-order valence-corrected chi connectivity index (χ2v) is 6.66. The zero-order chi connectivity index (χ0) is 19.0. The van der Waals surface area contributed by atoms with Crippen LogP contribution < -0.4 is 0 Å². The lowest BCUT2D eigenvalue weighted by Crippen LogP contribution is -2.06. The van der Waals surface area contributed by atoms with Crippen LogP contribution in [0.4, 0.5) is 4.39 Å². The minimum absolute atomic E-state index is 0.0621. The first kappa shape index (κ1) is 17.6. The average molecular weight is 445 g/mol. The summed E-state index contributed by atoms with van der Waals surface area (Å²) in [7, 11) is 0. The standard InChI is InChI=1S/C18H10BrFN4O2S/c19-11-1-2-12(13(20)7-11)14-9-17-22-15(18(25)26-27)8-16(24(17)23-14)10-3-5-21-6-4-10/h1-9,27H. The molecule has 0 saturated carbocycles. The number of nitrogens with zero attached hydrogens (tertiary/aromatic N) is 4. The third kappa shape index (κ3) is 3.31. The Morgan fingerprint density at radius 1 is 1.15 bits per heavy atom. The van der Waals surface area contributed by atoms with E-state index in [1.54, 1.807) is 47.2 Å². The fourth-order valence-electron chi connectivity index (χ4n) is 2.68. The topological polar surface area (TPSA) is 69.4 Å². The summed E-state index contributed by atoms with van der Waals surface area (Å²) in [5.74, 6) is -1.12. The summed E-state index contributed by atoms with van der Waals surface area (Å²) < 4.78 is 21.0. The fraction of sp³-hybridized carbons (Fsp3) is 0. The van der Waals surface area contributed by atoms with Gasteiger partial charge in [-0.1, -0.05) is 15.9 Å². The van der Waals surface area contributed by atoms with Gasteiger partial charge >= 0.3 is 5.97 Å². The van der Waals surface area contributed by atoms with Crippen molar-refractivity contribution in [3.63, 3.8) is 0 Å². The molecular weight excluding hydrogens is 435 g/mol. The number of pyridine rings is 1. The predicted molar refractivity (Wildman–Crippen MR) is 104 cm³/mol. The van der Waals surface area contributed by atoms with Crippen LogP contribution in [0.15, 0.2) is 59.3 Å². The van der Waals surface area contributed by atoms with E-state index in [4.69, 9.17) is 0 Å². The molecule has 0 unspecified atom stereocenters. The van der Waals surface area contributed by atoms with E-state index in [0.717, 1.165) is 5.56 Å². The van der Waals surface area contributed by atoms with E-state index in [9.17, 15) is 9.18 Å². The van der Waals surface area contributed by atoms with Gasteiger partial charge in [0.25, 0.3) is 0 Å². The van der Waals surface area contributed by atoms with Gasteiger partial charge in [-0.05, 0) is 36.4 Å². The number of hydrogen-bond donors (Lipinski definition) is 1. The van der Waals surface area contributed by atoms with Gasteiger partial charge in [-0.15, -0.1) is 0 Å². The lowest BCUT2D eigenvalue weighted by atomic mass is 10.1. The Kier molecular flexibility index (Phi) is 4.63. The maximum absolute atomic E-state index is 14.4. The molecule has 4 aromatic rings. The van der Waals surface area contributed by atoms with Crippen LogP contribution in [-0.2, 0) is 4.18 Å². The highest BCUT2D eigenvalue weighted by atomic mass is 79.9. The van der Waals surface area contributed by atoms with E-state index < -0.39 is 11.8 Å². The minimum Gasteiger partial charge on any atom is -0.390 e. The molecule has 3 heterocycles. The number of carbonyl (C=O) groups excluding carboxylic acids is 1. The summed E-state index contributed by atoms with van der Waals surface area (Å²) in [4.78, 5) is 20.2. The van der Waals surface area contributed by atoms with Gasteiger partial charge in [-0.2, -0.15) is 5.10 Å². The van der Waals surface area contributed by atoms with Gasteiger partial charge in [0.2, 0.25) is 0 Å². The first-order chi connectivity index (χ1) is 13.1. The van der Waals surface area contributed by atoms with Crippen molar-refractivity contribution < 1.29 is 13.4 Å². The number of halogens is 2. The van der Waals surface area contributed by atoms with E-state index >= 15 is 0 Å². The Balaban J connectivity index is 1.97. The first-order valence-corrected chi connectivity index (χ1v) is 8.85. The van der Waals surface area contributed by atoms with Crippen molar-refractivity contribution in [3.8, 4) is 22.5 Å². The molecule has 0 aliphatic rings. The summed E-state index contributed by atoms with van der Waals surface area (Å²) in [6.07, 6.45) is 3.24. The maximum Gasteiger partial charge on any atom is 0.368 e. The number of thiol groups is 1. The molecule has 0 amide bonds. The van der Waals surface area contributed by atoms with Crippen LogP contribution in [0, 0.1) is 5.82 Å². The Labute approximate surface area is 166 Å². The summed E-state index contributed by atoms with van der Waals surface area (Å²) in [6.45, 7) is 0. The summed E-state index contributed by atoms with van der Waals surface area (Å²) in [5.41, 5.74) is 2.49. The lowest BCUT2D eigenvalue weighted by molar-refractivity contribution is 0.0766. The van der Waals surface area contributed by atoms with Gasteiger partial charge in [-0.3, -0.25) is 4.98 Å². The highest BCUT2D eigenvalue weighted by Crippen LogP contribution is 2.28. The fourth-order valence-corrected chi connectivity index (χ4v) is 3.11. The zero-order valence-corrected chi connectivity index (χ0v) is 16.0. The van der Waals surface area contributed by atoms with E-state index in [1.807, 2.05) is 0 Å². The quantitative estimate of drug-likeness (QED) is 0.375. The minimum atomic E-state index is -0.700. The van der Waals surface area contributed by atoms with Crippen molar-refractivity contribution in [2.75, 3.05) is 0 Å². The van der Waals surface area contributed by atoms with Crippen LogP contribution in [0.3, 0.4) is 0 Å². The molecule has 0 bridgehead atoms. The van der Waals surface area contributed by atoms with Crippen LogP contribution in [0.5, 0.6) is 0 Å². The normalized spacial score (nSPS) is 10.9. The number of aromatic nitrogens is 4. The van der Waals surface area contributed by atoms with E-state index in [-0.39, 0.29) is 5.69 Å². The summed E-state index contributed by atoms with van der Waals surface area (Å²) in [6, 6.07) is 11.4. The van der Waals surface area contributed by atoms with Crippen LogP contribution in [0.2, 0.25) is 0 Å². The SMILES string of the molecule is O=C(OS)c1cc(-c2ccncc2)n2nc(-c3ccc(Br)cc3F)cc2n1. The Bertz CT molecular complexity index is 1170. The predicted octanol–water partition coefficient (Wildman–Crippen LogP) is 4.36. The molecule has 0 atom stereocenters. The van der Waals surface area contributed by atoms with Crippen molar-refractivity contribution in [2.45, 2.75) is 0 Å². The summed E-state index contributed by atoms with van der Waals surface area (Å²) >= 11 is 6.79. The largest absolute Gasteiger partial charge is 0.390 e. The molecule has 27 heavy (non-hydrogen) atoms. The first-order valence-electron chi connectivity index (χ1n) is 7.69. The summed E-state index contributed by atoms with van der Waals surface area (Å²) in [5, 5.41) is 4.48. The number of hydrogen-bond acceptors (Lipinski definition) is 6. The second-order valence-electron chi connectivity index (χ2n) is 5.57. The van der Waals surface area contributed by atoms with Gasteiger partial charge in [0.05, 0.1) is 11.4 Å². The Hall–Kier alpha value is -2.78. The molecule has 6 nitrogen and oxygen atoms in total. The van der Waals surface area contributed by atoms with Crippen LogP contribution in [0.25, 0.3) is 28.2 Å².